The Labute approximate surface area is 151 Å². The summed E-state index contributed by atoms with van der Waals surface area (Å²) in [4.78, 5) is 9.50. The predicted molar refractivity (Wildman–Crippen MR) is 101 cm³/mol. The molecule has 26 heavy (non-hydrogen) atoms. The standard InChI is InChI=1S/C18H15N5O2S/c1-11-9-16(23-22-11)20-18-14-8-7-13(26(24)25)10-15(14)19-17(21-18)12-5-3-2-4-6-12/h2-10H,1H3,(H,24,25)(H2,19,20,21,22,23). The topological polar surface area (TPSA) is 104 Å². The van der Waals surface area contributed by atoms with Gasteiger partial charge in [-0.1, -0.05) is 30.3 Å². The summed E-state index contributed by atoms with van der Waals surface area (Å²) < 4.78 is 20.8. The van der Waals surface area contributed by atoms with E-state index in [0.717, 1.165) is 16.6 Å². The molecule has 0 saturated carbocycles. The number of benzene rings is 2. The van der Waals surface area contributed by atoms with Crippen LogP contribution < -0.4 is 5.32 Å². The van der Waals surface area contributed by atoms with Gasteiger partial charge in [-0.15, -0.1) is 0 Å². The molecule has 0 spiro atoms. The molecule has 1 unspecified atom stereocenters. The van der Waals surface area contributed by atoms with E-state index in [2.05, 4.69) is 25.5 Å². The zero-order valence-corrected chi connectivity index (χ0v) is 14.6. The number of anilines is 2. The van der Waals surface area contributed by atoms with Gasteiger partial charge in [0.25, 0.3) is 0 Å². The van der Waals surface area contributed by atoms with Crippen molar-refractivity contribution in [2.45, 2.75) is 11.8 Å². The average Bonchev–Trinajstić information content (AvgIpc) is 3.06. The maximum Gasteiger partial charge on any atom is 0.186 e. The minimum absolute atomic E-state index is 0.289. The number of hydrogen-bond donors (Lipinski definition) is 3. The van der Waals surface area contributed by atoms with E-state index in [-0.39, 0.29) is 4.90 Å². The summed E-state index contributed by atoms with van der Waals surface area (Å²) >= 11 is -2.08. The number of aryl methyl sites for hydroxylation is 1. The van der Waals surface area contributed by atoms with E-state index in [9.17, 15) is 8.76 Å². The molecular weight excluding hydrogens is 350 g/mol. The molecular formula is C18H15N5O2S. The van der Waals surface area contributed by atoms with Crippen molar-refractivity contribution in [1.29, 1.82) is 0 Å². The van der Waals surface area contributed by atoms with Crippen LogP contribution in [0.2, 0.25) is 0 Å². The van der Waals surface area contributed by atoms with Gasteiger partial charge in [-0.25, -0.2) is 14.2 Å². The zero-order chi connectivity index (χ0) is 18.1. The zero-order valence-electron chi connectivity index (χ0n) is 13.8. The highest BCUT2D eigenvalue weighted by Crippen LogP contribution is 2.28. The fraction of sp³-hybridized carbons (Fsp3) is 0.0556. The van der Waals surface area contributed by atoms with Gasteiger partial charge in [-0.05, 0) is 25.1 Å². The monoisotopic (exact) mass is 365 g/mol. The van der Waals surface area contributed by atoms with Crippen molar-refractivity contribution in [2.75, 3.05) is 5.32 Å². The minimum Gasteiger partial charge on any atom is -0.323 e. The summed E-state index contributed by atoms with van der Waals surface area (Å²) in [6, 6.07) is 16.4. The molecule has 0 aliphatic carbocycles. The third kappa shape index (κ3) is 3.19. The third-order valence-corrected chi connectivity index (χ3v) is 4.51. The lowest BCUT2D eigenvalue weighted by atomic mass is 10.2. The molecule has 0 aliphatic heterocycles. The van der Waals surface area contributed by atoms with Crippen molar-refractivity contribution in [3.8, 4) is 11.4 Å². The summed E-state index contributed by atoms with van der Waals surface area (Å²) in [5, 5.41) is 11.0. The average molecular weight is 365 g/mol. The molecule has 0 saturated heterocycles. The second kappa shape index (κ2) is 6.66. The third-order valence-electron chi connectivity index (χ3n) is 3.85. The van der Waals surface area contributed by atoms with Gasteiger partial charge in [0.2, 0.25) is 0 Å². The molecule has 0 radical (unpaired) electrons. The van der Waals surface area contributed by atoms with Gasteiger partial charge in [0.05, 0.1) is 10.4 Å². The van der Waals surface area contributed by atoms with Crippen LogP contribution in [0.15, 0.2) is 59.5 Å². The van der Waals surface area contributed by atoms with E-state index in [0.29, 0.717) is 23.0 Å². The first-order valence-corrected chi connectivity index (χ1v) is 8.98. The van der Waals surface area contributed by atoms with Crippen molar-refractivity contribution < 1.29 is 8.76 Å². The SMILES string of the molecule is Cc1cc(Nc2nc(-c3ccccc3)nc3cc(S(=O)O)ccc23)n[nH]1. The first-order chi connectivity index (χ1) is 12.6. The summed E-state index contributed by atoms with van der Waals surface area (Å²) in [5.41, 5.74) is 2.35. The Balaban J connectivity index is 1.90. The fourth-order valence-corrected chi connectivity index (χ4v) is 3.03. The molecule has 3 N–H and O–H groups in total. The molecule has 2 heterocycles. The van der Waals surface area contributed by atoms with Gasteiger partial charge < -0.3 is 9.87 Å². The van der Waals surface area contributed by atoms with E-state index in [1.165, 1.54) is 0 Å². The molecule has 4 rings (SSSR count). The van der Waals surface area contributed by atoms with Gasteiger partial charge in [0.15, 0.2) is 22.7 Å². The molecule has 0 aliphatic rings. The Morgan fingerprint density at radius 3 is 2.58 bits per heavy atom. The highest BCUT2D eigenvalue weighted by atomic mass is 32.2. The van der Waals surface area contributed by atoms with Crippen molar-refractivity contribution in [3.05, 3.63) is 60.3 Å². The number of aromatic amines is 1. The second-order valence-electron chi connectivity index (χ2n) is 5.75. The Hall–Kier alpha value is -3.10. The Morgan fingerprint density at radius 2 is 1.88 bits per heavy atom. The van der Waals surface area contributed by atoms with Crippen LogP contribution >= 0.6 is 0 Å². The first kappa shape index (κ1) is 16.4. The van der Waals surface area contributed by atoms with Crippen molar-refractivity contribution >= 4 is 33.6 Å². The van der Waals surface area contributed by atoms with Crippen LogP contribution in [0, 0.1) is 6.92 Å². The van der Waals surface area contributed by atoms with E-state index < -0.39 is 11.1 Å². The number of hydrogen-bond acceptors (Lipinski definition) is 5. The summed E-state index contributed by atoms with van der Waals surface area (Å²) in [7, 11) is 0. The van der Waals surface area contributed by atoms with Crippen LogP contribution in [0.1, 0.15) is 5.69 Å². The largest absolute Gasteiger partial charge is 0.323 e. The maximum atomic E-state index is 11.4. The number of rotatable bonds is 4. The van der Waals surface area contributed by atoms with Crippen LogP contribution in [-0.4, -0.2) is 28.9 Å². The van der Waals surface area contributed by atoms with Crippen molar-refractivity contribution in [1.82, 2.24) is 20.2 Å². The van der Waals surface area contributed by atoms with Crippen LogP contribution in [0.3, 0.4) is 0 Å². The van der Waals surface area contributed by atoms with Gasteiger partial charge in [-0.3, -0.25) is 5.10 Å². The van der Waals surface area contributed by atoms with E-state index in [1.807, 2.05) is 43.3 Å². The highest BCUT2D eigenvalue weighted by molar-refractivity contribution is 7.79. The summed E-state index contributed by atoms with van der Waals surface area (Å²) in [5.74, 6) is 1.74. The molecule has 0 amide bonds. The molecule has 2 aromatic carbocycles. The summed E-state index contributed by atoms with van der Waals surface area (Å²) in [6.45, 7) is 1.91. The molecule has 130 valence electrons. The Bertz CT molecular complexity index is 1110. The van der Waals surface area contributed by atoms with Gasteiger partial charge in [0, 0.05) is 22.7 Å². The first-order valence-electron chi connectivity index (χ1n) is 7.87. The van der Waals surface area contributed by atoms with Crippen LogP contribution in [0.4, 0.5) is 11.6 Å². The van der Waals surface area contributed by atoms with Crippen LogP contribution in [0.25, 0.3) is 22.3 Å². The van der Waals surface area contributed by atoms with Crippen LogP contribution in [0.5, 0.6) is 0 Å². The number of H-pyrrole nitrogens is 1. The van der Waals surface area contributed by atoms with Crippen molar-refractivity contribution in [2.24, 2.45) is 0 Å². The Kier molecular flexibility index (Phi) is 4.19. The molecule has 2 aromatic heterocycles. The molecule has 8 heteroatoms. The number of aromatic nitrogens is 4. The normalized spacial score (nSPS) is 12.2. The lowest BCUT2D eigenvalue weighted by Crippen LogP contribution is -2.00. The van der Waals surface area contributed by atoms with Crippen LogP contribution in [-0.2, 0) is 11.1 Å². The molecule has 1 atom stereocenters. The molecule has 4 aromatic rings. The number of nitrogens with zero attached hydrogens (tertiary/aromatic N) is 3. The Morgan fingerprint density at radius 1 is 1.08 bits per heavy atom. The molecule has 0 bridgehead atoms. The smallest absolute Gasteiger partial charge is 0.186 e. The van der Waals surface area contributed by atoms with E-state index >= 15 is 0 Å². The van der Waals surface area contributed by atoms with E-state index in [1.54, 1.807) is 18.2 Å². The molecule has 7 nitrogen and oxygen atoms in total. The van der Waals surface area contributed by atoms with Gasteiger partial charge >= 0.3 is 0 Å². The second-order valence-corrected chi connectivity index (χ2v) is 6.72. The van der Waals surface area contributed by atoms with Gasteiger partial charge in [-0.2, -0.15) is 5.10 Å². The number of fused-ring (bicyclic) bond motifs is 1. The highest BCUT2D eigenvalue weighted by Gasteiger charge is 2.12. The lowest BCUT2D eigenvalue weighted by Gasteiger charge is -2.10. The maximum absolute atomic E-state index is 11.4. The predicted octanol–water partition coefficient (Wildman–Crippen LogP) is 3.65. The minimum atomic E-state index is -2.08. The fourth-order valence-electron chi connectivity index (χ4n) is 2.63. The van der Waals surface area contributed by atoms with Crippen molar-refractivity contribution in [3.63, 3.8) is 0 Å². The van der Waals surface area contributed by atoms with Gasteiger partial charge in [0.1, 0.15) is 5.82 Å². The lowest BCUT2D eigenvalue weighted by molar-refractivity contribution is 0.564. The molecule has 0 fully saturated rings. The van der Waals surface area contributed by atoms with E-state index in [4.69, 9.17) is 0 Å². The number of nitrogens with one attached hydrogen (secondary N) is 2. The quantitative estimate of drug-likeness (QED) is 0.477. The summed E-state index contributed by atoms with van der Waals surface area (Å²) in [6.07, 6.45) is 0.